The third kappa shape index (κ3) is 5.61. The van der Waals surface area contributed by atoms with E-state index in [1.54, 1.807) is 24.3 Å². The van der Waals surface area contributed by atoms with Crippen molar-refractivity contribution in [3.05, 3.63) is 54.1 Å². The van der Waals surface area contributed by atoms with Crippen LogP contribution in [0.1, 0.15) is 10.4 Å². The highest BCUT2D eigenvalue weighted by Gasteiger charge is 2.21. The molecule has 1 aliphatic rings. The van der Waals surface area contributed by atoms with Gasteiger partial charge in [0.25, 0.3) is 5.91 Å². The fourth-order valence-corrected chi connectivity index (χ4v) is 2.54. The first kappa shape index (κ1) is 20.0. The maximum absolute atomic E-state index is 11.9. The van der Waals surface area contributed by atoms with Crippen LogP contribution in [0.2, 0.25) is 0 Å². The summed E-state index contributed by atoms with van der Waals surface area (Å²) in [6.45, 7) is -0.194. The van der Waals surface area contributed by atoms with Crippen molar-refractivity contribution in [2.45, 2.75) is 6.10 Å². The summed E-state index contributed by atoms with van der Waals surface area (Å²) in [4.78, 5) is 35.6. The summed E-state index contributed by atoms with van der Waals surface area (Å²) in [6.07, 6.45) is -0.392. The molecule has 0 fully saturated rings. The van der Waals surface area contributed by atoms with E-state index in [0.717, 1.165) is 0 Å². The molecule has 1 aliphatic heterocycles. The lowest BCUT2D eigenvalue weighted by Gasteiger charge is -2.26. The van der Waals surface area contributed by atoms with Crippen LogP contribution in [0.25, 0.3) is 0 Å². The van der Waals surface area contributed by atoms with Crippen molar-refractivity contribution in [1.82, 2.24) is 10.6 Å². The molecule has 0 bridgehead atoms. The van der Waals surface area contributed by atoms with E-state index in [1.807, 2.05) is 12.1 Å². The lowest BCUT2D eigenvalue weighted by atomic mass is 10.2. The van der Waals surface area contributed by atoms with Gasteiger partial charge in [-0.05, 0) is 30.3 Å². The zero-order valence-corrected chi connectivity index (χ0v) is 15.7. The zero-order valence-electron chi connectivity index (χ0n) is 15.7. The van der Waals surface area contributed by atoms with E-state index in [9.17, 15) is 14.4 Å². The van der Waals surface area contributed by atoms with Crippen LogP contribution in [0.3, 0.4) is 0 Å². The highest BCUT2D eigenvalue weighted by atomic mass is 16.6. The number of carbonyl (C=O) groups is 3. The lowest BCUT2D eigenvalue weighted by molar-refractivity contribution is -0.123. The average Bonchev–Trinajstić information content (AvgIpc) is 2.76. The molecule has 0 spiro atoms. The number of rotatable bonds is 6. The van der Waals surface area contributed by atoms with Gasteiger partial charge in [0, 0.05) is 0 Å². The predicted molar refractivity (Wildman–Crippen MR) is 101 cm³/mol. The Hall–Kier alpha value is -3.75. The molecule has 152 valence electrons. The van der Waals surface area contributed by atoms with Crippen LogP contribution in [-0.4, -0.2) is 50.9 Å². The SMILES string of the molecule is COc1cccc(C(=O)OCC(=O)NC(=O)NCC2COc3ccccc3O2)c1. The Balaban J connectivity index is 1.38. The Bertz CT molecular complexity index is 900. The maximum Gasteiger partial charge on any atom is 0.338 e. The fraction of sp³-hybridized carbons (Fsp3) is 0.250. The summed E-state index contributed by atoms with van der Waals surface area (Å²) in [6, 6.07) is 12.8. The molecule has 0 aromatic heterocycles. The molecule has 29 heavy (non-hydrogen) atoms. The molecule has 0 saturated carbocycles. The second-order valence-corrected chi connectivity index (χ2v) is 6.06. The zero-order chi connectivity index (χ0) is 20.6. The molecule has 9 nitrogen and oxygen atoms in total. The number of ether oxygens (including phenoxy) is 4. The average molecular weight is 400 g/mol. The van der Waals surface area contributed by atoms with Crippen LogP contribution in [0.15, 0.2) is 48.5 Å². The van der Waals surface area contributed by atoms with E-state index >= 15 is 0 Å². The van der Waals surface area contributed by atoms with Gasteiger partial charge in [-0.2, -0.15) is 0 Å². The summed E-state index contributed by atoms with van der Waals surface area (Å²) in [7, 11) is 1.47. The first-order chi connectivity index (χ1) is 14.0. The molecular weight excluding hydrogens is 380 g/mol. The summed E-state index contributed by atoms with van der Waals surface area (Å²) >= 11 is 0. The monoisotopic (exact) mass is 400 g/mol. The topological polar surface area (TPSA) is 112 Å². The molecule has 1 atom stereocenters. The van der Waals surface area contributed by atoms with Crippen LogP contribution in [-0.2, 0) is 9.53 Å². The lowest BCUT2D eigenvalue weighted by Crippen LogP contribution is -2.46. The smallest absolute Gasteiger partial charge is 0.338 e. The van der Waals surface area contributed by atoms with Gasteiger partial charge < -0.3 is 24.3 Å². The van der Waals surface area contributed by atoms with Crippen molar-refractivity contribution >= 4 is 17.9 Å². The van der Waals surface area contributed by atoms with Crippen LogP contribution in [0.4, 0.5) is 4.79 Å². The maximum atomic E-state index is 11.9. The van der Waals surface area contributed by atoms with E-state index in [4.69, 9.17) is 18.9 Å². The molecule has 9 heteroatoms. The van der Waals surface area contributed by atoms with Gasteiger partial charge in [0.15, 0.2) is 24.2 Å². The molecular formula is C20H20N2O7. The number of fused-ring (bicyclic) bond motifs is 1. The fourth-order valence-electron chi connectivity index (χ4n) is 2.54. The minimum Gasteiger partial charge on any atom is -0.497 e. The van der Waals surface area contributed by atoms with Crippen LogP contribution in [0, 0.1) is 0 Å². The van der Waals surface area contributed by atoms with Crippen LogP contribution < -0.4 is 24.8 Å². The molecule has 3 amide bonds. The number of methoxy groups -OCH3 is 1. The van der Waals surface area contributed by atoms with Crippen molar-refractivity contribution in [2.24, 2.45) is 0 Å². The van der Waals surface area contributed by atoms with Crippen molar-refractivity contribution in [3.8, 4) is 17.2 Å². The highest BCUT2D eigenvalue weighted by Crippen LogP contribution is 2.30. The first-order valence-corrected chi connectivity index (χ1v) is 8.82. The minimum absolute atomic E-state index is 0.136. The normalized spacial score (nSPS) is 14.4. The van der Waals surface area contributed by atoms with E-state index in [2.05, 4.69) is 10.6 Å². The Morgan fingerprint density at radius 2 is 1.90 bits per heavy atom. The van der Waals surface area contributed by atoms with Gasteiger partial charge in [-0.1, -0.05) is 18.2 Å². The Kier molecular flexibility index (Phi) is 6.51. The number of amides is 3. The molecule has 2 aromatic rings. The molecule has 1 unspecified atom stereocenters. The van der Waals surface area contributed by atoms with E-state index in [1.165, 1.54) is 19.2 Å². The summed E-state index contributed by atoms with van der Waals surface area (Å²) in [5.41, 5.74) is 0.233. The Labute approximate surface area is 166 Å². The number of carbonyl (C=O) groups excluding carboxylic acids is 3. The van der Waals surface area contributed by atoms with Gasteiger partial charge in [-0.25, -0.2) is 9.59 Å². The van der Waals surface area contributed by atoms with Gasteiger partial charge >= 0.3 is 12.0 Å². The number of esters is 1. The number of urea groups is 1. The summed E-state index contributed by atoms with van der Waals surface area (Å²) in [5.74, 6) is 0.253. The number of hydrogen-bond acceptors (Lipinski definition) is 7. The quantitative estimate of drug-likeness (QED) is 0.707. The number of nitrogens with one attached hydrogen (secondary N) is 2. The number of benzene rings is 2. The van der Waals surface area contributed by atoms with Crippen molar-refractivity contribution < 1.29 is 33.3 Å². The minimum atomic E-state index is -0.759. The van der Waals surface area contributed by atoms with Crippen molar-refractivity contribution in [1.29, 1.82) is 0 Å². The molecule has 0 saturated heterocycles. The molecule has 3 rings (SSSR count). The largest absolute Gasteiger partial charge is 0.497 e. The van der Waals surface area contributed by atoms with Gasteiger partial charge in [0.2, 0.25) is 0 Å². The summed E-state index contributed by atoms with van der Waals surface area (Å²) in [5, 5.41) is 4.60. The van der Waals surface area contributed by atoms with Crippen molar-refractivity contribution in [2.75, 3.05) is 26.9 Å². The molecule has 2 aromatic carbocycles. The standard InChI is InChI=1S/C20H20N2O7/c1-26-14-6-4-5-13(9-14)19(24)28-12-18(23)22-20(25)21-10-15-11-27-16-7-2-3-8-17(16)29-15/h2-9,15H,10-12H2,1H3,(H2,21,22,23,25). The molecule has 0 radical (unpaired) electrons. The Morgan fingerprint density at radius 3 is 2.69 bits per heavy atom. The Morgan fingerprint density at radius 1 is 1.10 bits per heavy atom. The second kappa shape index (κ2) is 9.45. The molecule has 1 heterocycles. The van der Waals surface area contributed by atoms with E-state index in [0.29, 0.717) is 17.2 Å². The molecule has 2 N–H and O–H groups in total. The number of hydrogen-bond donors (Lipinski definition) is 2. The van der Waals surface area contributed by atoms with Gasteiger partial charge in [-0.3, -0.25) is 10.1 Å². The van der Waals surface area contributed by atoms with Gasteiger partial charge in [0.1, 0.15) is 12.4 Å². The molecule has 0 aliphatic carbocycles. The van der Waals surface area contributed by atoms with Crippen LogP contribution in [0.5, 0.6) is 17.2 Å². The second-order valence-electron chi connectivity index (χ2n) is 6.06. The van der Waals surface area contributed by atoms with Crippen molar-refractivity contribution in [3.63, 3.8) is 0 Å². The highest BCUT2D eigenvalue weighted by molar-refractivity contribution is 5.97. The third-order valence-electron chi connectivity index (χ3n) is 3.95. The number of imide groups is 1. The predicted octanol–water partition coefficient (Wildman–Crippen LogP) is 1.52. The van der Waals surface area contributed by atoms with E-state index in [-0.39, 0.29) is 18.7 Å². The van der Waals surface area contributed by atoms with Crippen LogP contribution >= 0.6 is 0 Å². The third-order valence-corrected chi connectivity index (χ3v) is 3.95. The summed E-state index contributed by atoms with van der Waals surface area (Å²) < 4.78 is 21.2. The van der Waals surface area contributed by atoms with E-state index < -0.39 is 30.6 Å². The van der Waals surface area contributed by atoms with Gasteiger partial charge in [0.05, 0.1) is 19.2 Å². The first-order valence-electron chi connectivity index (χ1n) is 8.82. The number of para-hydroxylation sites is 2. The van der Waals surface area contributed by atoms with Gasteiger partial charge in [-0.15, -0.1) is 0 Å².